The maximum absolute atomic E-state index is 12.6. The third kappa shape index (κ3) is 5.48. The van der Waals surface area contributed by atoms with E-state index in [1.54, 1.807) is 4.90 Å². The Hall–Kier alpha value is -4.60. The van der Waals surface area contributed by atoms with Gasteiger partial charge in [-0.1, -0.05) is 36.9 Å². The third-order valence-corrected chi connectivity index (χ3v) is 8.23. The summed E-state index contributed by atoms with van der Waals surface area (Å²) in [7, 11) is 1.86. The van der Waals surface area contributed by atoms with Crippen molar-refractivity contribution < 1.29 is 9.53 Å². The number of rotatable bonds is 8. The van der Waals surface area contributed by atoms with Gasteiger partial charge in [0.1, 0.15) is 17.7 Å². The van der Waals surface area contributed by atoms with E-state index in [0.29, 0.717) is 50.6 Å². The Kier molecular flexibility index (Phi) is 8.61. The van der Waals surface area contributed by atoms with Gasteiger partial charge in [0.2, 0.25) is 11.8 Å². The fraction of sp³-hybridized carbons (Fsp3) is 0.394. The van der Waals surface area contributed by atoms with E-state index in [-0.39, 0.29) is 24.5 Å². The number of carbonyl (C=O) groups excluding carboxylic acids is 1. The van der Waals surface area contributed by atoms with E-state index in [9.17, 15) is 15.3 Å². The molecule has 216 valence electrons. The van der Waals surface area contributed by atoms with Gasteiger partial charge in [-0.3, -0.25) is 4.79 Å². The second kappa shape index (κ2) is 12.5. The lowest BCUT2D eigenvalue weighted by atomic mass is 9.95. The molecule has 1 aromatic heterocycles. The second-order valence-corrected chi connectivity index (χ2v) is 11.0. The predicted octanol–water partition coefficient (Wildman–Crippen LogP) is 4.08. The van der Waals surface area contributed by atoms with Crippen molar-refractivity contribution in [2.24, 2.45) is 0 Å². The number of anilines is 2. The summed E-state index contributed by atoms with van der Waals surface area (Å²) < 4.78 is 6.28. The molecule has 1 N–H and O–H groups in total. The molecule has 0 radical (unpaired) electrons. The van der Waals surface area contributed by atoms with Gasteiger partial charge in [0, 0.05) is 49.4 Å². The number of piperazine rings is 1. The van der Waals surface area contributed by atoms with Crippen LogP contribution in [0.1, 0.15) is 35.7 Å². The molecule has 1 fully saturated rings. The molecule has 3 heterocycles. The maximum atomic E-state index is 12.6. The largest absolute Gasteiger partial charge is 0.472 e. The van der Waals surface area contributed by atoms with Crippen molar-refractivity contribution in [2.75, 3.05) is 49.6 Å². The van der Waals surface area contributed by atoms with Gasteiger partial charge in [-0.2, -0.15) is 10.5 Å². The molecule has 1 amide bonds. The Labute approximate surface area is 247 Å². The lowest BCUT2D eigenvalue weighted by molar-refractivity contribution is -0.128. The molecule has 2 aliphatic heterocycles. The van der Waals surface area contributed by atoms with Crippen LogP contribution in [-0.4, -0.2) is 67.7 Å². The molecule has 5 rings (SSSR count). The SMILES string of the molecule is C=CC(=O)N1CCN(c2c(C#N)c(OC(C)CNC)nc3c2CCN(c2cccc4cccc(C)c24)C3)CC1CC#N. The highest BCUT2D eigenvalue weighted by molar-refractivity contribution is 5.97. The van der Waals surface area contributed by atoms with Crippen molar-refractivity contribution in [1.82, 2.24) is 15.2 Å². The van der Waals surface area contributed by atoms with E-state index < -0.39 is 0 Å². The highest BCUT2D eigenvalue weighted by atomic mass is 16.5. The van der Waals surface area contributed by atoms with Crippen molar-refractivity contribution in [3.63, 3.8) is 0 Å². The van der Waals surface area contributed by atoms with E-state index in [0.717, 1.165) is 23.5 Å². The number of nitriles is 2. The van der Waals surface area contributed by atoms with Crippen molar-refractivity contribution in [3.05, 3.63) is 71.4 Å². The molecule has 1 saturated heterocycles. The molecule has 3 aromatic rings. The van der Waals surface area contributed by atoms with Crippen molar-refractivity contribution >= 4 is 28.1 Å². The van der Waals surface area contributed by atoms with Gasteiger partial charge in [0.15, 0.2) is 0 Å². The number of nitrogens with zero attached hydrogens (tertiary/aromatic N) is 6. The Morgan fingerprint density at radius 1 is 1.21 bits per heavy atom. The van der Waals surface area contributed by atoms with Gasteiger partial charge in [0.25, 0.3) is 0 Å². The van der Waals surface area contributed by atoms with Crippen LogP contribution in [0.4, 0.5) is 11.4 Å². The summed E-state index contributed by atoms with van der Waals surface area (Å²) in [6, 6.07) is 17.1. The van der Waals surface area contributed by atoms with Crippen LogP contribution in [0, 0.1) is 29.6 Å². The molecule has 2 atom stereocenters. The van der Waals surface area contributed by atoms with E-state index in [2.05, 4.69) is 77.2 Å². The Balaban J connectivity index is 1.59. The van der Waals surface area contributed by atoms with E-state index in [4.69, 9.17) is 9.72 Å². The zero-order chi connectivity index (χ0) is 29.8. The monoisotopic (exact) mass is 563 g/mol. The first kappa shape index (κ1) is 28.9. The van der Waals surface area contributed by atoms with Gasteiger partial charge in [-0.25, -0.2) is 4.98 Å². The number of hydrogen-bond acceptors (Lipinski definition) is 8. The predicted molar refractivity (Wildman–Crippen MR) is 165 cm³/mol. The molecule has 9 heteroatoms. The molecule has 2 unspecified atom stereocenters. The molecule has 2 aromatic carbocycles. The van der Waals surface area contributed by atoms with E-state index in [1.165, 1.54) is 28.1 Å². The molecule has 0 aliphatic carbocycles. The average Bonchev–Trinajstić information content (AvgIpc) is 3.00. The number of aromatic nitrogens is 1. The zero-order valence-corrected chi connectivity index (χ0v) is 24.6. The fourth-order valence-electron chi connectivity index (χ4n) is 6.31. The number of fused-ring (bicyclic) bond motifs is 2. The molecule has 2 aliphatic rings. The van der Waals surface area contributed by atoms with Crippen LogP contribution in [-0.2, 0) is 17.8 Å². The first-order chi connectivity index (χ1) is 20.4. The fourth-order valence-corrected chi connectivity index (χ4v) is 6.31. The summed E-state index contributed by atoms with van der Waals surface area (Å²) in [5.74, 6) is 0.143. The first-order valence-corrected chi connectivity index (χ1v) is 14.4. The summed E-state index contributed by atoms with van der Waals surface area (Å²) in [6.45, 7) is 11.1. The summed E-state index contributed by atoms with van der Waals surface area (Å²) in [4.78, 5) is 23.8. The summed E-state index contributed by atoms with van der Waals surface area (Å²) in [5, 5.41) is 25.6. The van der Waals surface area contributed by atoms with Gasteiger partial charge >= 0.3 is 0 Å². The average molecular weight is 564 g/mol. The Bertz CT molecular complexity index is 1580. The number of pyridine rings is 1. The minimum Gasteiger partial charge on any atom is -0.472 e. The van der Waals surface area contributed by atoms with Crippen LogP contribution in [0.15, 0.2) is 49.1 Å². The van der Waals surface area contributed by atoms with Gasteiger partial charge in [-0.05, 0) is 50.4 Å². The van der Waals surface area contributed by atoms with Crippen LogP contribution in [0.25, 0.3) is 10.8 Å². The smallest absolute Gasteiger partial charge is 0.246 e. The molecule has 0 saturated carbocycles. The van der Waals surface area contributed by atoms with Gasteiger partial charge < -0.3 is 24.8 Å². The maximum Gasteiger partial charge on any atom is 0.246 e. The summed E-state index contributed by atoms with van der Waals surface area (Å²) in [5.41, 5.74) is 5.53. The standard InChI is InChI=1S/C33H37N7O2/c1-5-30(41)40-17-16-39(20-25(40)12-14-34)32-26-13-15-38(29-11-7-10-24-9-6-8-22(2)31(24)29)21-28(26)37-33(27(32)18-35)42-23(3)19-36-4/h5-11,23,25,36H,1,12-13,15-17,19-21H2,2-4H3. The highest BCUT2D eigenvalue weighted by Crippen LogP contribution is 2.40. The minimum absolute atomic E-state index is 0.182. The molecule has 9 nitrogen and oxygen atoms in total. The second-order valence-electron chi connectivity index (χ2n) is 11.0. The van der Waals surface area contributed by atoms with E-state index >= 15 is 0 Å². The molecular weight excluding hydrogens is 526 g/mol. The van der Waals surface area contributed by atoms with Crippen LogP contribution in [0.3, 0.4) is 0 Å². The normalized spacial score (nSPS) is 17.3. The number of aryl methyl sites for hydroxylation is 1. The van der Waals surface area contributed by atoms with Crippen molar-refractivity contribution in [1.29, 1.82) is 10.5 Å². The number of nitrogens with one attached hydrogen (secondary N) is 1. The molecule has 0 bridgehead atoms. The number of benzene rings is 2. The quantitative estimate of drug-likeness (QED) is 0.409. The highest BCUT2D eigenvalue weighted by Gasteiger charge is 2.35. The van der Waals surface area contributed by atoms with Crippen LogP contribution in [0.2, 0.25) is 0 Å². The number of amides is 1. The lowest BCUT2D eigenvalue weighted by Crippen LogP contribution is -2.55. The molecule has 42 heavy (non-hydrogen) atoms. The Morgan fingerprint density at radius 3 is 2.71 bits per heavy atom. The number of carbonyl (C=O) groups is 1. The zero-order valence-electron chi connectivity index (χ0n) is 24.6. The van der Waals surface area contributed by atoms with Gasteiger partial charge in [0.05, 0.1) is 36.5 Å². The summed E-state index contributed by atoms with van der Waals surface area (Å²) >= 11 is 0. The van der Waals surface area contributed by atoms with Crippen LogP contribution in [0.5, 0.6) is 5.88 Å². The topological polar surface area (TPSA) is 109 Å². The number of ether oxygens (including phenoxy) is 1. The van der Waals surface area contributed by atoms with Crippen molar-refractivity contribution in [2.45, 2.75) is 45.4 Å². The Morgan fingerprint density at radius 2 is 2.00 bits per heavy atom. The van der Waals surface area contributed by atoms with Crippen molar-refractivity contribution in [3.8, 4) is 18.0 Å². The minimum atomic E-state index is -0.309. The van der Waals surface area contributed by atoms with E-state index in [1.807, 2.05) is 14.0 Å². The van der Waals surface area contributed by atoms with Gasteiger partial charge in [-0.15, -0.1) is 0 Å². The molecule has 0 spiro atoms. The molecular formula is C33H37N7O2. The third-order valence-electron chi connectivity index (χ3n) is 8.23. The number of hydrogen-bond donors (Lipinski definition) is 1. The number of likely N-dealkylation sites (N-methyl/N-ethyl adjacent to an activating group) is 1. The van der Waals surface area contributed by atoms with Crippen LogP contribution < -0.4 is 19.9 Å². The van der Waals surface area contributed by atoms with Crippen LogP contribution >= 0.6 is 0 Å². The lowest BCUT2D eigenvalue weighted by Gasteiger charge is -2.43. The first-order valence-electron chi connectivity index (χ1n) is 14.4. The summed E-state index contributed by atoms with van der Waals surface area (Å²) in [6.07, 6.45) is 2.00.